The molecule has 2 amide bonds. The molecule has 0 atom stereocenters. The number of thiocarbonyl (C=S) groups is 1. The first-order chi connectivity index (χ1) is 15.3. The summed E-state index contributed by atoms with van der Waals surface area (Å²) in [6, 6.07) is 11.0. The van der Waals surface area contributed by atoms with Crippen LogP contribution < -0.4 is 20.9 Å². The first-order valence-electron chi connectivity index (χ1n) is 9.34. The van der Waals surface area contributed by atoms with Crippen molar-refractivity contribution in [3.05, 3.63) is 69.8 Å². The fourth-order valence-corrected chi connectivity index (χ4v) is 2.36. The first kappa shape index (κ1) is 24.2. The zero-order valence-corrected chi connectivity index (χ0v) is 17.8. The number of benzene rings is 2. The van der Waals surface area contributed by atoms with Gasteiger partial charge in [-0.25, -0.2) is 4.79 Å². The summed E-state index contributed by atoms with van der Waals surface area (Å²) in [5.41, 5.74) is 4.96. The number of carbonyl (C=O) groups is 3. The quantitative estimate of drug-likeness (QED) is 0.232. The van der Waals surface area contributed by atoms with E-state index in [1.54, 1.807) is 0 Å². The average Bonchev–Trinajstić information content (AvgIpc) is 2.80. The predicted octanol–water partition coefficient (Wildman–Crippen LogP) is 1.88. The molecule has 3 N–H and O–H groups in total. The number of rotatable bonds is 8. The zero-order valence-electron chi connectivity index (χ0n) is 17.0. The molecule has 0 radical (unpaired) electrons. The number of nitro benzene ring substituents is 1. The van der Waals surface area contributed by atoms with E-state index in [1.165, 1.54) is 48.5 Å². The molecule has 0 aliphatic carbocycles. The fraction of sp³-hybridized carbons (Fsp3) is 0.200. The fourth-order valence-electron chi connectivity index (χ4n) is 2.22. The van der Waals surface area contributed by atoms with Gasteiger partial charge in [0.05, 0.1) is 17.1 Å². The third-order valence-electron chi connectivity index (χ3n) is 3.78. The molecule has 0 aliphatic rings. The van der Waals surface area contributed by atoms with Crippen LogP contribution in [0.4, 0.5) is 5.69 Å². The number of nitro groups is 1. The maximum Gasteiger partial charge on any atom is 0.338 e. The summed E-state index contributed by atoms with van der Waals surface area (Å²) < 4.78 is 10.3. The number of non-ortho nitro benzene ring substituents is 1. The Morgan fingerprint density at radius 2 is 1.62 bits per heavy atom. The molecule has 2 aromatic rings. The van der Waals surface area contributed by atoms with E-state index >= 15 is 0 Å². The van der Waals surface area contributed by atoms with Crippen LogP contribution >= 0.6 is 12.2 Å². The van der Waals surface area contributed by atoms with Crippen molar-refractivity contribution in [1.29, 1.82) is 0 Å². The number of esters is 1. The van der Waals surface area contributed by atoms with Gasteiger partial charge in [-0.3, -0.25) is 35.9 Å². The molecular weight excluding hydrogens is 440 g/mol. The van der Waals surface area contributed by atoms with Gasteiger partial charge in [-0.2, -0.15) is 0 Å². The minimum atomic E-state index is -0.611. The molecule has 12 heteroatoms. The van der Waals surface area contributed by atoms with E-state index in [0.29, 0.717) is 17.9 Å². The number of nitrogens with zero attached hydrogens (tertiary/aromatic N) is 1. The van der Waals surface area contributed by atoms with Gasteiger partial charge in [0.25, 0.3) is 17.5 Å². The Balaban J connectivity index is 1.73. The van der Waals surface area contributed by atoms with Crippen molar-refractivity contribution < 1.29 is 28.8 Å². The molecule has 0 fully saturated rings. The van der Waals surface area contributed by atoms with Crippen molar-refractivity contribution in [3.8, 4) is 5.75 Å². The highest BCUT2D eigenvalue weighted by atomic mass is 32.1. The number of amides is 2. The smallest absolute Gasteiger partial charge is 0.338 e. The van der Waals surface area contributed by atoms with Gasteiger partial charge < -0.3 is 9.47 Å². The molecular formula is C20H20N4O7S. The molecule has 0 spiro atoms. The monoisotopic (exact) mass is 460 g/mol. The van der Waals surface area contributed by atoms with E-state index < -0.39 is 22.7 Å². The van der Waals surface area contributed by atoms with Gasteiger partial charge in [0.15, 0.2) is 11.7 Å². The maximum absolute atomic E-state index is 12.0. The predicted molar refractivity (Wildman–Crippen MR) is 117 cm³/mol. The Morgan fingerprint density at radius 3 is 2.22 bits per heavy atom. The van der Waals surface area contributed by atoms with Gasteiger partial charge in [-0.1, -0.05) is 6.92 Å². The lowest BCUT2D eigenvalue weighted by atomic mass is 10.2. The van der Waals surface area contributed by atoms with Crippen LogP contribution in [0.15, 0.2) is 48.5 Å². The molecule has 0 unspecified atom stereocenters. The van der Waals surface area contributed by atoms with Gasteiger partial charge >= 0.3 is 5.97 Å². The number of hydrogen-bond acceptors (Lipinski definition) is 8. The molecule has 168 valence electrons. The van der Waals surface area contributed by atoms with Crippen molar-refractivity contribution >= 4 is 40.8 Å². The number of hydrogen-bond donors (Lipinski definition) is 3. The highest BCUT2D eigenvalue weighted by Gasteiger charge is 2.12. The highest BCUT2D eigenvalue weighted by molar-refractivity contribution is 7.80. The number of carbonyl (C=O) groups excluding carboxylic acids is 3. The summed E-state index contributed by atoms with van der Waals surface area (Å²) in [6.07, 6.45) is 0.722. The normalized spacial score (nSPS) is 9.91. The molecule has 11 nitrogen and oxygen atoms in total. The second kappa shape index (κ2) is 12.0. The van der Waals surface area contributed by atoms with Gasteiger partial charge in [0.1, 0.15) is 5.75 Å². The maximum atomic E-state index is 12.0. The summed E-state index contributed by atoms with van der Waals surface area (Å²) >= 11 is 4.91. The third kappa shape index (κ3) is 7.65. The average molecular weight is 460 g/mol. The summed E-state index contributed by atoms with van der Waals surface area (Å²) in [7, 11) is 0. The molecule has 0 saturated heterocycles. The Morgan fingerprint density at radius 1 is 1.00 bits per heavy atom. The molecule has 32 heavy (non-hydrogen) atoms. The number of hydrazine groups is 1. The Hall–Kier alpha value is -4.06. The highest BCUT2D eigenvalue weighted by Crippen LogP contribution is 2.13. The van der Waals surface area contributed by atoms with Crippen molar-refractivity contribution in [1.82, 2.24) is 16.2 Å². The molecule has 0 aliphatic heterocycles. The van der Waals surface area contributed by atoms with E-state index in [-0.39, 0.29) is 23.0 Å². The van der Waals surface area contributed by atoms with Crippen LogP contribution in [0.1, 0.15) is 34.1 Å². The van der Waals surface area contributed by atoms with E-state index in [1.807, 2.05) is 6.92 Å². The molecule has 2 aromatic carbocycles. The summed E-state index contributed by atoms with van der Waals surface area (Å²) in [5.74, 6) is -1.27. The molecule has 0 aromatic heterocycles. The lowest BCUT2D eigenvalue weighted by Crippen LogP contribution is -2.49. The Bertz CT molecular complexity index is 994. The topological polar surface area (TPSA) is 149 Å². The van der Waals surface area contributed by atoms with Gasteiger partial charge in [0, 0.05) is 17.7 Å². The van der Waals surface area contributed by atoms with Crippen molar-refractivity contribution in [3.63, 3.8) is 0 Å². The lowest BCUT2D eigenvalue weighted by molar-refractivity contribution is -0.384. The van der Waals surface area contributed by atoms with E-state index in [9.17, 15) is 24.5 Å². The van der Waals surface area contributed by atoms with E-state index in [4.69, 9.17) is 21.7 Å². The molecule has 0 saturated carbocycles. The van der Waals surface area contributed by atoms with Crippen molar-refractivity contribution in [2.45, 2.75) is 13.3 Å². The SMILES string of the molecule is CCCOC(=O)c1ccc(OCC(=O)NNC(=S)NC(=O)c2ccc([N+](=O)[O-])cc2)cc1. The minimum Gasteiger partial charge on any atom is -0.484 e. The van der Waals surface area contributed by atoms with Crippen molar-refractivity contribution in [2.24, 2.45) is 0 Å². The largest absolute Gasteiger partial charge is 0.484 e. The van der Waals surface area contributed by atoms with Crippen molar-refractivity contribution in [2.75, 3.05) is 13.2 Å². The summed E-state index contributed by atoms with van der Waals surface area (Å²) in [4.78, 5) is 45.7. The van der Waals surface area contributed by atoms with Crippen LogP contribution in [0.5, 0.6) is 5.75 Å². The Kier molecular flexibility index (Phi) is 9.05. The second-order valence-electron chi connectivity index (χ2n) is 6.21. The van der Waals surface area contributed by atoms with Gasteiger partial charge in [-0.05, 0) is 55.0 Å². The number of ether oxygens (including phenoxy) is 2. The summed E-state index contributed by atoms with van der Waals surface area (Å²) in [5, 5.41) is 12.8. The standard InChI is InChI=1S/C20H20N4O7S/c1-2-11-30-19(27)14-5-9-16(10-6-14)31-12-17(25)22-23-20(32)21-18(26)13-3-7-15(8-4-13)24(28)29/h3-10H,2,11-12H2,1H3,(H,22,25)(H2,21,23,26,32). The van der Waals surface area contributed by atoms with Crippen LogP contribution in [-0.4, -0.2) is 41.0 Å². The first-order valence-corrected chi connectivity index (χ1v) is 9.75. The molecule has 0 bridgehead atoms. The Labute approximate surface area is 188 Å². The van der Waals surface area contributed by atoms with Gasteiger partial charge in [0.2, 0.25) is 0 Å². The number of nitrogens with one attached hydrogen (secondary N) is 3. The second-order valence-corrected chi connectivity index (χ2v) is 6.62. The van der Waals surface area contributed by atoms with E-state index in [0.717, 1.165) is 6.42 Å². The minimum absolute atomic E-state index is 0.149. The summed E-state index contributed by atoms with van der Waals surface area (Å²) in [6.45, 7) is 1.87. The van der Waals surface area contributed by atoms with E-state index in [2.05, 4.69) is 16.2 Å². The molecule has 0 heterocycles. The molecule has 2 rings (SSSR count). The van der Waals surface area contributed by atoms with Crippen LogP contribution in [-0.2, 0) is 9.53 Å². The van der Waals surface area contributed by atoms with Crippen LogP contribution in [0.25, 0.3) is 0 Å². The van der Waals surface area contributed by atoms with Crippen LogP contribution in [0, 0.1) is 10.1 Å². The third-order valence-corrected chi connectivity index (χ3v) is 3.98. The van der Waals surface area contributed by atoms with Crippen LogP contribution in [0.3, 0.4) is 0 Å². The lowest BCUT2D eigenvalue weighted by Gasteiger charge is -2.11. The van der Waals surface area contributed by atoms with Crippen LogP contribution in [0.2, 0.25) is 0 Å². The zero-order chi connectivity index (χ0) is 23.5. The van der Waals surface area contributed by atoms with Gasteiger partial charge in [-0.15, -0.1) is 0 Å².